The number of carbonyl (C=O) groups excluding carboxylic acids is 2. The third-order valence-electron chi connectivity index (χ3n) is 2.56. The van der Waals surface area contributed by atoms with Crippen molar-refractivity contribution in [1.82, 2.24) is 0 Å². The molecule has 1 aromatic carbocycles. The van der Waals surface area contributed by atoms with Gasteiger partial charge < -0.3 is 10.5 Å². The van der Waals surface area contributed by atoms with Crippen LogP contribution in [0.25, 0.3) is 0 Å². The lowest BCUT2D eigenvalue weighted by Crippen LogP contribution is -2.35. The van der Waals surface area contributed by atoms with Gasteiger partial charge in [-0.1, -0.05) is 11.6 Å². The van der Waals surface area contributed by atoms with E-state index >= 15 is 0 Å². The average Bonchev–Trinajstić information content (AvgIpc) is 2.53. The summed E-state index contributed by atoms with van der Waals surface area (Å²) in [5, 5.41) is 0.418. The largest absolute Gasteiger partial charge is 0.495 e. The molecule has 0 aromatic heterocycles. The van der Waals surface area contributed by atoms with Crippen LogP contribution in [0.2, 0.25) is 5.02 Å². The molecule has 1 fully saturated rings. The Bertz CT molecular complexity index is 490. The monoisotopic (exact) mass is 254 g/mol. The van der Waals surface area contributed by atoms with Crippen molar-refractivity contribution in [2.75, 3.05) is 12.0 Å². The number of methoxy groups -OCH3 is 1. The van der Waals surface area contributed by atoms with Gasteiger partial charge in [0.05, 0.1) is 25.3 Å². The van der Waals surface area contributed by atoms with E-state index < -0.39 is 11.9 Å². The Hall–Kier alpha value is -1.59. The van der Waals surface area contributed by atoms with Gasteiger partial charge in [-0.3, -0.25) is 9.59 Å². The molecule has 6 heteroatoms. The highest BCUT2D eigenvalue weighted by atomic mass is 35.5. The van der Waals surface area contributed by atoms with E-state index in [1.807, 2.05) is 0 Å². The zero-order valence-electron chi connectivity index (χ0n) is 9.14. The Kier molecular flexibility index (Phi) is 3.04. The summed E-state index contributed by atoms with van der Waals surface area (Å²) < 4.78 is 5.10. The van der Waals surface area contributed by atoms with E-state index in [1.54, 1.807) is 12.1 Å². The Labute approximate surface area is 103 Å². The second kappa shape index (κ2) is 4.35. The van der Waals surface area contributed by atoms with E-state index in [-0.39, 0.29) is 12.3 Å². The average molecular weight is 255 g/mol. The molecular weight excluding hydrogens is 244 g/mol. The van der Waals surface area contributed by atoms with E-state index in [2.05, 4.69) is 0 Å². The fourth-order valence-electron chi connectivity index (χ4n) is 1.75. The number of anilines is 1. The summed E-state index contributed by atoms with van der Waals surface area (Å²) in [4.78, 5) is 24.5. The van der Waals surface area contributed by atoms with Crippen LogP contribution in [0.4, 0.5) is 5.69 Å². The lowest BCUT2D eigenvalue weighted by atomic mass is 10.2. The number of amides is 2. The summed E-state index contributed by atoms with van der Waals surface area (Å²) in [7, 11) is 1.46. The van der Waals surface area contributed by atoms with Gasteiger partial charge in [0, 0.05) is 5.02 Å². The molecular formula is C11H11ClN2O3. The second-order valence-corrected chi connectivity index (χ2v) is 4.13. The molecule has 0 aliphatic carbocycles. The second-order valence-electron chi connectivity index (χ2n) is 3.69. The maximum atomic E-state index is 11.8. The molecule has 5 nitrogen and oxygen atoms in total. The Morgan fingerprint density at radius 2 is 2.18 bits per heavy atom. The fraction of sp³-hybridized carbons (Fsp3) is 0.273. The number of carbonyl (C=O) groups is 2. The topological polar surface area (TPSA) is 72.6 Å². The van der Waals surface area contributed by atoms with Gasteiger partial charge in [-0.05, 0) is 18.2 Å². The molecule has 1 aliphatic rings. The van der Waals surface area contributed by atoms with Crippen LogP contribution in [-0.4, -0.2) is 25.0 Å². The molecule has 1 aromatic rings. The first-order valence-corrected chi connectivity index (χ1v) is 5.38. The lowest BCUT2D eigenvalue weighted by molar-refractivity contribution is -0.121. The molecule has 0 radical (unpaired) electrons. The molecule has 90 valence electrons. The number of hydrogen-bond acceptors (Lipinski definition) is 4. The maximum absolute atomic E-state index is 11.8. The standard InChI is InChI=1S/C11H11ClN2O3/c1-17-9-3-2-6(12)4-8(9)14-10(15)5-7(13)11(14)16/h2-4,7H,5,13H2,1H3. The minimum Gasteiger partial charge on any atom is -0.495 e. The molecule has 0 bridgehead atoms. The SMILES string of the molecule is COc1ccc(Cl)cc1N1C(=O)CC(N)C1=O. The molecule has 1 saturated heterocycles. The van der Waals surface area contributed by atoms with Gasteiger partial charge >= 0.3 is 0 Å². The minimum atomic E-state index is -0.786. The van der Waals surface area contributed by atoms with Crippen LogP contribution in [-0.2, 0) is 9.59 Å². The first kappa shape index (κ1) is 11.9. The Morgan fingerprint density at radius 3 is 2.71 bits per heavy atom. The number of nitrogens with zero attached hydrogens (tertiary/aromatic N) is 1. The van der Waals surface area contributed by atoms with E-state index in [4.69, 9.17) is 22.1 Å². The first-order valence-electron chi connectivity index (χ1n) is 5.00. The maximum Gasteiger partial charge on any atom is 0.251 e. The number of nitrogens with two attached hydrogens (primary N) is 1. The first-order chi connectivity index (χ1) is 8.04. The molecule has 2 rings (SSSR count). The lowest BCUT2D eigenvalue weighted by Gasteiger charge is -2.17. The highest BCUT2D eigenvalue weighted by Gasteiger charge is 2.38. The highest BCUT2D eigenvalue weighted by molar-refractivity contribution is 6.31. The van der Waals surface area contributed by atoms with Crippen molar-refractivity contribution in [2.45, 2.75) is 12.5 Å². The van der Waals surface area contributed by atoms with Crippen LogP contribution >= 0.6 is 11.6 Å². The number of benzene rings is 1. The summed E-state index contributed by atoms with van der Waals surface area (Å²) in [6.45, 7) is 0. The van der Waals surface area contributed by atoms with Gasteiger partial charge in [-0.15, -0.1) is 0 Å². The normalized spacial score (nSPS) is 19.9. The summed E-state index contributed by atoms with van der Waals surface area (Å²) in [5.74, 6) is -0.371. The number of hydrogen-bond donors (Lipinski definition) is 1. The van der Waals surface area contributed by atoms with Crippen LogP contribution in [0, 0.1) is 0 Å². The van der Waals surface area contributed by atoms with Crippen molar-refractivity contribution >= 4 is 29.1 Å². The third-order valence-corrected chi connectivity index (χ3v) is 2.80. The van der Waals surface area contributed by atoms with E-state index in [0.29, 0.717) is 16.5 Å². The van der Waals surface area contributed by atoms with Crippen molar-refractivity contribution in [1.29, 1.82) is 0 Å². The van der Waals surface area contributed by atoms with Gasteiger partial charge in [-0.2, -0.15) is 0 Å². The highest BCUT2D eigenvalue weighted by Crippen LogP contribution is 2.34. The van der Waals surface area contributed by atoms with Crippen LogP contribution in [0.3, 0.4) is 0 Å². The number of halogens is 1. The van der Waals surface area contributed by atoms with Crippen LogP contribution in [0.1, 0.15) is 6.42 Å². The van der Waals surface area contributed by atoms with Gasteiger partial charge in [0.25, 0.3) is 5.91 Å². The molecule has 0 spiro atoms. The molecule has 1 heterocycles. The zero-order chi connectivity index (χ0) is 12.6. The predicted octanol–water partition coefficient (Wildman–Crippen LogP) is 0.939. The van der Waals surface area contributed by atoms with Crippen molar-refractivity contribution in [3.8, 4) is 5.75 Å². The molecule has 2 amide bonds. The molecule has 1 aliphatic heterocycles. The Balaban J connectivity index is 2.49. The number of ether oxygens (including phenoxy) is 1. The minimum absolute atomic E-state index is 0.00843. The molecule has 17 heavy (non-hydrogen) atoms. The predicted molar refractivity (Wildman–Crippen MR) is 63.1 cm³/mol. The van der Waals surface area contributed by atoms with Crippen molar-refractivity contribution in [3.05, 3.63) is 23.2 Å². The van der Waals surface area contributed by atoms with Crippen molar-refractivity contribution in [3.63, 3.8) is 0 Å². The van der Waals surface area contributed by atoms with E-state index in [1.165, 1.54) is 13.2 Å². The van der Waals surface area contributed by atoms with Crippen molar-refractivity contribution in [2.24, 2.45) is 5.73 Å². The van der Waals surface area contributed by atoms with Crippen molar-refractivity contribution < 1.29 is 14.3 Å². The molecule has 1 atom stereocenters. The molecule has 0 saturated carbocycles. The summed E-state index contributed by atoms with van der Waals surface area (Å²) in [6.07, 6.45) is 0.00843. The van der Waals surface area contributed by atoms with Gasteiger partial charge in [0.2, 0.25) is 5.91 Å². The molecule has 1 unspecified atom stereocenters. The smallest absolute Gasteiger partial charge is 0.251 e. The van der Waals surface area contributed by atoms with E-state index in [0.717, 1.165) is 4.90 Å². The number of imide groups is 1. The third kappa shape index (κ3) is 1.99. The molecule has 2 N–H and O–H groups in total. The van der Waals surface area contributed by atoms with E-state index in [9.17, 15) is 9.59 Å². The zero-order valence-corrected chi connectivity index (χ0v) is 9.90. The summed E-state index contributed by atoms with van der Waals surface area (Å²) in [5.41, 5.74) is 5.88. The Morgan fingerprint density at radius 1 is 1.47 bits per heavy atom. The van der Waals surface area contributed by atoms with Crippen LogP contribution in [0.15, 0.2) is 18.2 Å². The summed E-state index contributed by atoms with van der Waals surface area (Å²) in [6, 6.07) is 3.94. The van der Waals surface area contributed by atoms with Crippen LogP contribution in [0.5, 0.6) is 5.75 Å². The van der Waals surface area contributed by atoms with Gasteiger partial charge in [-0.25, -0.2) is 4.90 Å². The van der Waals surface area contributed by atoms with Gasteiger partial charge in [0.1, 0.15) is 5.75 Å². The van der Waals surface area contributed by atoms with Gasteiger partial charge in [0.15, 0.2) is 0 Å². The van der Waals surface area contributed by atoms with Crippen LogP contribution < -0.4 is 15.4 Å². The number of rotatable bonds is 2. The fourth-order valence-corrected chi connectivity index (χ4v) is 1.91. The summed E-state index contributed by atoms with van der Waals surface area (Å²) >= 11 is 5.85. The quantitative estimate of drug-likeness (QED) is 0.798.